The predicted molar refractivity (Wildman–Crippen MR) is 60.0 cm³/mol. The second-order valence-electron chi connectivity index (χ2n) is 3.30. The van der Waals surface area contributed by atoms with Gasteiger partial charge in [-0.15, -0.1) is 0 Å². The van der Waals surface area contributed by atoms with Gasteiger partial charge < -0.3 is 0 Å². The van der Waals surface area contributed by atoms with Crippen LogP contribution in [0.4, 0.5) is 5.69 Å². The number of nitrogens with zero attached hydrogens (tertiary/aromatic N) is 3. The van der Waals surface area contributed by atoms with Crippen molar-refractivity contribution in [1.29, 1.82) is 0 Å². The topological polar surface area (TPSA) is 55.2 Å². The minimum atomic E-state index is 0.494. The number of rotatable bonds is 2. The molecule has 2 aromatic rings. The molecule has 0 atom stereocenters. The van der Waals surface area contributed by atoms with Crippen molar-refractivity contribution in [3.05, 3.63) is 42.2 Å². The first-order chi connectivity index (χ1) is 7.81. The summed E-state index contributed by atoms with van der Waals surface area (Å²) >= 11 is 0. The first-order valence-corrected chi connectivity index (χ1v) is 4.77. The van der Waals surface area contributed by atoms with Crippen molar-refractivity contribution in [3.63, 3.8) is 0 Å². The Morgan fingerprint density at radius 1 is 1.31 bits per heavy atom. The molecule has 0 aromatic carbocycles. The van der Waals surface area contributed by atoms with Crippen LogP contribution in [0.5, 0.6) is 0 Å². The van der Waals surface area contributed by atoms with E-state index >= 15 is 0 Å². The van der Waals surface area contributed by atoms with Crippen LogP contribution in [0.2, 0.25) is 0 Å². The van der Waals surface area contributed by atoms with E-state index in [2.05, 4.69) is 15.0 Å². The summed E-state index contributed by atoms with van der Waals surface area (Å²) in [5, 5.41) is 0. The molecule has 0 unspecified atom stereocenters. The van der Waals surface area contributed by atoms with E-state index in [0.717, 1.165) is 5.56 Å². The van der Waals surface area contributed by atoms with E-state index in [1.807, 2.05) is 25.1 Å². The zero-order valence-electron chi connectivity index (χ0n) is 8.71. The van der Waals surface area contributed by atoms with Crippen LogP contribution < -0.4 is 0 Å². The molecule has 2 aromatic heterocycles. The summed E-state index contributed by atoms with van der Waals surface area (Å²) in [4.78, 5) is 22.4. The van der Waals surface area contributed by atoms with Gasteiger partial charge in [-0.2, -0.15) is 4.99 Å². The number of pyridine rings is 2. The van der Waals surface area contributed by atoms with Crippen LogP contribution in [-0.4, -0.2) is 16.0 Å². The van der Waals surface area contributed by atoms with Crippen molar-refractivity contribution < 1.29 is 4.79 Å². The highest BCUT2D eigenvalue weighted by molar-refractivity contribution is 5.71. The molecule has 0 saturated heterocycles. The van der Waals surface area contributed by atoms with Gasteiger partial charge in [-0.3, -0.25) is 9.97 Å². The molecule has 0 aliphatic heterocycles. The van der Waals surface area contributed by atoms with Gasteiger partial charge in [0.2, 0.25) is 6.08 Å². The third-order valence-corrected chi connectivity index (χ3v) is 2.08. The van der Waals surface area contributed by atoms with Gasteiger partial charge in [0.25, 0.3) is 0 Å². The van der Waals surface area contributed by atoms with Crippen molar-refractivity contribution in [2.24, 2.45) is 4.99 Å². The molecule has 0 spiro atoms. The van der Waals surface area contributed by atoms with Gasteiger partial charge in [-0.05, 0) is 30.7 Å². The van der Waals surface area contributed by atoms with Gasteiger partial charge in [0.1, 0.15) is 11.4 Å². The van der Waals surface area contributed by atoms with E-state index < -0.39 is 0 Å². The Labute approximate surface area is 92.7 Å². The van der Waals surface area contributed by atoms with Crippen LogP contribution in [-0.2, 0) is 4.79 Å². The van der Waals surface area contributed by atoms with E-state index in [1.165, 1.54) is 6.08 Å². The van der Waals surface area contributed by atoms with Crippen molar-refractivity contribution in [3.8, 4) is 11.4 Å². The van der Waals surface area contributed by atoms with Crippen LogP contribution in [0, 0.1) is 6.92 Å². The number of isocyanates is 1. The molecule has 0 radical (unpaired) electrons. The molecule has 4 nitrogen and oxygen atoms in total. The lowest BCUT2D eigenvalue weighted by atomic mass is 10.2. The highest BCUT2D eigenvalue weighted by atomic mass is 16.1. The minimum absolute atomic E-state index is 0.494. The fraction of sp³-hybridized carbons (Fsp3) is 0.0833. The first-order valence-electron chi connectivity index (χ1n) is 4.77. The normalized spacial score (nSPS) is 9.56. The van der Waals surface area contributed by atoms with Gasteiger partial charge in [0.15, 0.2) is 0 Å². The van der Waals surface area contributed by atoms with Gasteiger partial charge in [0, 0.05) is 12.4 Å². The molecule has 4 heteroatoms. The average Bonchev–Trinajstić information content (AvgIpc) is 2.31. The largest absolute Gasteiger partial charge is 0.255 e. The fourth-order valence-electron chi connectivity index (χ4n) is 1.39. The molecule has 0 aliphatic rings. The van der Waals surface area contributed by atoms with Crippen molar-refractivity contribution in [2.45, 2.75) is 6.92 Å². The Kier molecular flexibility index (Phi) is 2.85. The van der Waals surface area contributed by atoms with Crippen molar-refractivity contribution in [2.75, 3.05) is 0 Å². The molecular formula is C12H9N3O. The molecule has 2 rings (SSSR count). The van der Waals surface area contributed by atoms with Crippen LogP contribution in [0.1, 0.15) is 5.56 Å². The highest BCUT2D eigenvalue weighted by Gasteiger charge is 2.07. The molecule has 0 aliphatic carbocycles. The summed E-state index contributed by atoms with van der Waals surface area (Å²) in [6.45, 7) is 1.89. The Balaban J connectivity index is 2.61. The quantitative estimate of drug-likeness (QED) is 0.566. The van der Waals surface area contributed by atoms with Crippen molar-refractivity contribution in [1.82, 2.24) is 9.97 Å². The lowest BCUT2D eigenvalue weighted by Gasteiger charge is -2.03. The Morgan fingerprint density at radius 2 is 2.19 bits per heavy atom. The third kappa shape index (κ3) is 2.02. The van der Waals surface area contributed by atoms with E-state index in [0.29, 0.717) is 17.1 Å². The second-order valence-corrected chi connectivity index (χ2v) is 3.30. The molecule has 0 fully saturated rings. The Bertz CT molecular complexity index is 545. The molecule has 2 heterocycles. The van der Waals surface area contributed by atoms with Gasteiger partial charge in [-0.25, -0.2) is 4.79 Å². The SMILES string of the molecule is Cc1cnc(-c2ccccn2)c(N=C=O)c1. The predicted octanol–water partition coefficient (Wildman–Crippen LogP) is 2.42. The second kappa shape index (κ2) is 4.47. The maximum absolute atomic E-state index is 10.3. The molecule has 78 valence electrons. The van der Waals surface area contributed by atoms with Gasteiger partial charge in [-0.1, -0.05) is 6.07 Å². The zero-order chi connectivity index (χ0) is 11.4. The third-order valence-electron chi connectivity index (χ3n) is 2.08. The maximum Gasteiger partial charge on any atom is 0.240 e. The summed E-state index contributed by atoms with van der Waals surface area (Å²) in [5.74, 6) is 0. The van der Waals surface area contributed by atoms with E-state index in [4.69, 9.17) is 0 Å². The first kappa shape index (κ1) is 10.2. The summed E-state index contributed by atoms with van der Waals surface area (Å²) in [6.07, 6.45) is 4.92. The number of aliphatic imine (C=N–C) groups is 1. The van der Waals surface area contributed by atoms with Crippen LogP contribution in [0.15, 0.2) is 41.7 Å². The zero-order valence-corrected chi connectivity index (χ0v) is 8.71. The number of aromatic nitrogens is 2. The van der Waals surface area contributed by atoms with E-state index in [1.54, 1.807) is 18.5 Å². The standard InChI is InChI=1S/C12H9N3O/c1-9-6-11(15-8-16)12(14-7-9)10-4-2-3-5-13-10/h2-7H,1H3. The summed E-state index contributed by atoms with van der Waals surface area (Å²) in [7, 11) is 0. The number of hydrogen-bond acceptors (Lipinski definition) is 4. The monoisotopic (exact) mass is 211 g/mol. The van der Waals surface area contributed by atoms with Crippen molar-refractivity contribution >= 4 is 11.8 Å². The average molecular weight is 211 g/mol. The molecule has 0 amide bonds. The Morgan fingerprint density at radius 3 is 2.88 bits per heavy atom. The van der Waals surface area contributed by atoms with E-state index in [9.17, 15) is 4.79 Å². The Hall–Kier alpha value is -2.32. The highest BCUT2D eigenvalue weighted by Crippen LogP contribution is 2.26. The minimum Gasteiger partial charge on any atom is -0.255 e. The molecule has 0 saturated carbocycles. The molecule has 16 heavy (non-hydrogen) atoms. The molecular weight excluding hydrogens is 202 g/mol. The van der Waals surface area contributed by atoms with E-state index in [-0.39, 0.29) is 0 Å². The number of carbonyl (C=O) groups excluding carboxylic acids is 1. The maximum atomic E-state index is 10.3. The summed E-state index contributed by atoms with van der Waals surface area (Å²) < 4.78 is 0. The van der Waals surface area contributed by atoms with Gasteiger partial charge in [0.05, 0.1) is 5.69 Å². The van der Waals surface area contributed by atoms with Crippen LogP contribution >= 0.6 is 0 Å². The lowest BCUT2D eigenvalue weighted by molar-refractivity contribution is 0.565. The number of hydrogen-bond donors (Lipinski definition) is 0. The van der Waals surface area contributed by atoms with Crippen LogP contribution in [0.3, 0.4) is 0 Å². The van der Waals surface area contributed by atoms with Gasteiger partial charge >= 0.3 is 0 Å². The lowest BCUT2D eigenvalue weighted by Crippen LogP contribution is -1.88. The summed E-state index contributed by atoms with van der Waals surface area (Å²) in [6, 6.07) is 7.28. The summed E-state index contributed by atoms with van der Waals surface area (Å²) in [5.41, 5.74) is 2.72. The smallest absolute Gasteiger partial charge is 0.240 e. The molecule has 0 bridgehead atoms. The number of aryl methyl sites for hydroxylation is 1. The molecule has 0 N–H and O–H groups in total. The fourth-order valence-corrected chi connectivity index (χ4v) is 1.39. The van der Waals surface area contributed by atoms with Crippen LogP contribution in [0.25, 0.3) is 11.4 Å².